The van der Waals surface area contributed by atoms with Gasteiger partial charge in [0, 0.05) is 44.5 Å². The summed E-state index contributed by atoms with van der Waals surface area (Å²) in [6.45, 7) is 7.35. The van der Waals surface area contributed by atoms with E-state index < -0.39 is 0 Å². The van der Waals surface area contributed by atoms with Crippen molar-refractivity contribution >= 4 is 5.69 Å². The number of hydrogen-bond donors (Lipinski definition) is 1. The minimum Gasteiger partial charge on any atom is -0.384 e. The van der Waals surface area contributed by atoms with Crippen molar-refractivity contribution in [2.45, 2.75) is 38.3 Å². The average molecular weight is 271 g/mol. The number of hydrogen-bond acceptors (Lipinski definition) is 3. The van der Waals surface area contributed by atoms with Crippen LogP contribution in [0.2, 0.25) is 0 Å². The normalized spacial score (nSPS) is 26.9. The molecule has 3 aliphatic rings. The molecule has 3 aliphatic heterocycles. The molecular formula is C17H25N3. The fourth-order valence-corrected chi connectivity index (χ4v) is 4.06. The zero-order valence-electron chi connectivity index (χ0n) is 12.3. The molecule has 0 saturated carbocycles. The molecule has 1 aromatic carbocycles. The minimum atomic E-state index is 0.824. The van der Waals surface area contributed by atoms with Crippen LogP contribution in [0.1, 0.15) is 30.4 Å². The van der Waals surface area contributed by atoms with Crippen molar-refractivity contribution < 1.29 is 0 Å². The maximum absolute atomic E-state index is 3.50. The Morgan fingerprint density at radius 3 is 3.15 bits per heavy atom. The molecule has 0 aromatic heterocycles. The van der Waals surface area contributed by atoms with Crippen LogP contribution in [-0.2, 0) is 13.0 Å². The number of rotatable bonds is 2. The topological polar surface area (TPSA) is 18.5 Å². The molecule has 2 saturated heterocycles. The largest absolute Gasteiger partial charge is 0.384 e. The molecular weight excluding hydrogens is 246 g/mol. The molecule has 3 heterocycles. The van der Waals surface area contributed by atoms with Crippen molar-refractivity contribution in [3.63, 3.8) is 0 Å². The third-order valence-electron chi connectivity index (χ3n) is 5.21. The van der Waals surface area contributed by atoms with E-state index in [1.165, 1.54) is 68.7 Å². The molecule has 0 bridgehead atoms. The van der Waals surface area contributed by atoms with Gasteiger partial charge < -0.3 is 5.32 Å². The molecule has 1 aromatic rings. The molecule has 0 aliphatic carbocycles. The molecule has 3 heteroatoms. The van der Waals surface area contributed by atoms with E-state index in [0.717, 1.165) is 19.1 Å². The summed E-state index contributed by atoms with van der Waals surface area (Å²) in [4.78, 5) is 5.37. The van der Waals surface area contributed by atoms with Crippen molar-refractivity contribution in [2.24, 2.45) is 0 Å². The Morgan fingerprint density at radius 2 is 2.15 bits per heavy atom. The van der Waals surface area contributed by atoms with E-state index in [1.54, 1.807) is 0 Å². The Balaban J connectivity index is 1.41. The second kappa shape index (κ2) is 5.38. The van der Waals surface area contributed by atoms with Gasteiger partial charge in [0.15, 0.2) is 0 Å². The van der Waals surface area contributed by atoms with Crippen LogP contribution >= 0.6 is 0 Å². The van der Waals surface area contributed by atoms with Gasteiger partial charge >= 0.3 is 0 Å². The van der Waals surface area contributed by atoms with Crippen molar-refractivity contribution in [2.75, 3.05) is 38.0 Å². The molecule has 1 unspecified atom stereocenters. The van der Waals surface area contributed by atoms with Gasteiger partial charge in [0.05, 0.1) is 0 Å². The van der Waals surface area contributed by atoms with E-state index in [1.807, 2.05) is 0 Å². The molecule has 1 N–H and O–H groups in total. The van der Waals surface area contributed by atoms with Crippen molar-refractivity contribution in [3.8, 4) is 0 Å². The lowest BCUT2D eigenvalue weighted by Gasteiger charge is -2.44. The first-order chi connectivity index (χ1) is 9.88. The first kappa shape index (κ1) is 12.7. The number of piperidine rings is 1. The van der Waals surface area contributed by atoms with Crippen molar-refractivity contribution in [1.82, 2.24) is 9.80 Å². The minimum absolute atomic E-state index is 0.824. The van der Waals surface area contributed by atoms with Crippen LogP contribution in [0.5, 0.6) is 0 Å². The molecule has 4 rings (SSSR count). The molecule has 0 radical (unpaired) electrons. The monoisotopic (exact) mass is 271 g/mol. The summed E-state index contributed by atoms with van der Waals surface area (Å²) in [5.74, 6) is 0. The van der Waals surface area contributed by atoms with Crippen LogP contribution in [0.15, 0.2) is 18.2 Å². The third kappa shape index (κ3) is 2.45. The van der Waals surface area contributed by atoms with Gasteiger partial charge in [-0.25, -0.2) is 0 Å². The number of fused-ring (bicyclic) bond motifs is 2. The van der Waals surface area contributed by atoms with Gasteiger partial charge in [-0.05, 0) is 43.0 Å². The van der Waals surface area contributed by atoms with Gasteiger partial charge in [-0.15, -0.1) is 0 Å². The third-order valence-corrected chi connectivity index (χ3v) is 5.21. The second-order valence-electron chi connectivity index (χ2n) is 6.59. The molecule has 2 fully saturated rings. The maximum Gasteiger partial charge on any atom is 0.0376 e. The summed E-state index contributed by atoms with van der Waals surface area (Å²) in [7, 11) is 0. The Morgan fingerprint density at radius 1 is 1.15 bits per heavy atom. The fourth-order valence-electron chi connectivity index (χ4n) is 4.06. The lowest BCUT2D eigenvalue weighted by atomic mass is 9.99. The van der Waals surface area contributed by atoms with Crippen LogP contribution in [0.4, 0.5) is 5.69 Å². The van der Waals surface area contributed by atoms with Crippen molar-refractivity contribution in [1.29, 1.82) is 0 Å². The highest BCUT2D eigenvalue weighted by molar-refractivity contribution is 5.57. The van der Waals surface area contributed by atoms with E-state index in [-0.39, 0.29) is 0 Å². The molecule has 3 nitrogen and oxygen atoms in total. The number of benzene rings is 1. The van der Waals surface area contributed by atoms with E-state index in [9.17, 15) is 0 Å². The van der Waals surface area contributed by atoms with Crippen LogP contribution < -0.4 is 5.32 Å². The highest BCUT2D eigenvalue weighted by Gasteiger charge is 2.28. The average Bonchev–Trinajstić information content (AvgIpc) is 2.95. The number of nitrogens with zero attached hydrogens (tertiary/aromatic N) is 2. The molecule has 1 atom stereocenters. The number of nitrogens with one attached hydrogen (secondary N) is 1. The summed E-state index contributed by atoms with van der Waals surface area (Å²) in [6.07, 6.45) is 5.43. The second-order valence-corrected chi connectivity index (χ2v) is 6.59. The van der Waals surface area contributed by atoms with E-state index in [0.29, 0.717) is 0 Å². The lowest BCUT2D eigenvalue weighted by molar-refractivity contribution is 0.0457. The predicted molar refractivity (Wildman–Crippen MR) is 83.1 cm³/mol. The summed E-state index contributed by atoms with van der Waals surface area (Å²) < 4.78 is 0. The molecule has 108 valence electrons. The predicted octanol–water partition coefficient (Wildman–Crippen LogP) is 2.32. The van der Waals surface area contributed by atoms with Crippen LogP contribution in [0, 0.1) is 0 Å². The smallest absolute Gasteiger partial charge is 0.0376 e. The van der Waals surface area contributed by atoms with E-state index in [4.69, 9.17) is 0 Å². The van der Waals surface area contributed by atoms with Crippen LogP contribution in [0.25, 0.3) is 0 Å². The summed E-state index contributed by atoms with van der Waals surface area (Å²) in [6, 6.07) is 7.85. The first-order valence-corrected chi connectivity index (χ1v) is 8.20. The van der Waals surface area contributed by atoms with Gasteiger partial charge in [0.1, 0.15) is 0 Å². The van der Waals surface area contributed by atoms with Crippen LogP contribution in [0.3, 0.4) is 0 Å². The summed E-state index contributed by atoms with van der Waals surface area (Å²) >= 11 is 0. The van der Waals surface area contributed by atoms with Gasteiger partial charge in [0.2, 0.25) is 0 Å². The molecule has 0 spiro atoms. The Hall–Kier alpha value is -1.06. The zero-order chi connectivity index (χ0) is 13.4. The maximum atomic E-state index is 3.50. The first-order valence-electron chi connectivity index (χ1n) is 8.20. The van der Waals surface area contributed by atoms with Gasteiger partial charge in [-0.1, -0.05) is 18.6 Å². The van der Waals surface area contributed by atoms with Gasteiger partial charge in [-0.3, -0.25) is 9.80 Å². The molecule has 0 amide bonds. The van der Waals surface area contributed by atoms with E-state index >= 15 is 0 Å². The van der Waals surface area contributed by atoms with Crippen molar-refractivity contribution in [3.05, 3.63) is 29.3 Å². The quantitative estimate of drug-likeness (QED) is 0.890. The molecule has 20 heavy (non-hydrogen) atoms. The zero-order valence-corrected chi connectivity index (χ0v) is 12.3. The summed E-state index contributed by atoms with van der Waals surface area (Å²) in [5, 5.41) is 3.50. The SMILES string of the molecule is c1cc2c(cc1CN1CCN3CCCCC3C1)NCC2. The number of piperazine rings is 1. The Kier molecular flexibility index (Phi) is 3.41. The highest BCUT2D eigenvalue weighted by Crippen LogP contribution is 2.25. The lowest BCUT2D eigenvalue weighted by Crippen LogP contribution is -2.54. The van der Waals surface area contributed by atoms with Crippen LogP contribution in [-0.4, -0.2) is 48.6 Å². The Bertz CT molecular complexity index is 485. The highest BCUT2D eigenvalue weighted by atomic mass is 15.3. The van der Waals surface area contributed by atoms with E-state index in [2.05, 4.69) is 33.3 Å². The van der Waals surface area contributed by atoms with Gasteiger partial charge in [-0.2, -0.15) is 0 Å². The Labute approximate surface area is 121 Å². The van der Waals surface area contributed by atoms with Gasteiger partial charge in [0.25, 0.3) is 0 Å². The fraction of sp³-hybridized carbons (Fsp3) is 0.647. The standard InChI is InChI=1S/C17H25N3/c1-2-8-20-10-9-19(13-16(20)3-1)12-14-4-5-15-6-7-18-17(15)11-14/h4-5,11,16,18H,1-3,6-10,12-13H2. The summed E-state index contributed by atoms with van der Waals surface area (Å²) in [5.41, 5.74) is 4.34. The number of anilines is 1.